The first kappa shape index (κ1) is 27.2. The van der Waals surface area contributed by atoms with Crippen LogP contribution in [0.2, 0.25) is 0 Å². The van der Waals surface area contributed by atoms with E-state index in [0.717, 1.165) is 22.4 Å². The van der Waals surface area contributed by atoms with Gasteiger partial charge in [-0.25, -0.2) is 13.4 Å². The summed E-state index contributed by atoms with van der Waals surface area (Å²) in [6.07, 6.45) is 0.776. The molecule has 5 rings (SSSR count). The van der Waals surface area contributed by atoms with Crippen LogP contribution >= 0.6 is 11.3 Å². The van der Waals surface area contributed by atoms with E-state index in [1.807, 2.05) is 26.0 Å². The van der Waals surface area contributed by atoms with Gasteiger partial charge in [0.1, 0.15) is 10.7 Å². The smallest absolute Gasteiger partial charge is 0.260 e. The van der Waals surface area contributed by atoms with Gasteiger partial charge in [0.25, 0.3) is 11.5 Å². The highest BCUT2D eigenvalue weighted by atomic mass is 32.2. The first-order valence-corrected chi connectivity index (χ1v) is 15.4. The molecule has 0 unspecified atom stereocenters. The number of H-pyrrole nitrogens is 1. The van der Waals surface area contributed by atoms with Crippen molar-refractivity contribution >= 4 is 37.5 Å². The third-order valence-corrected chi connectivity index (χ3v) is 10.3. The molecule has 0 spiro atoms. The van der Waals surface area contributed by atoms with Gasteiger partial charge in [0.15, 0.2) is 0 Å². The predicted octanol–water partition coefficient (Wildman–Crippen LogP) is 4.79. The minimum Gasteiger partial charge on any atom is -0.336 e. The summed E-state index contributed by atoms with van der Waals surface area (Å²) < 4.78 is 27.7. The summed E-state index contributed by atoms with van der Waals surface area (Å²) in [6, 6.07) is 14.0. The monoisotopic (exact) mass is 564 g/mol. The maximum absolute atomic E-state index is 13.2. The minimum atomic E-state index is -3.62. The zero-order valence-corrected chi connectivity index (χ0v) is 24.2. The van der Waals surface area contributed by atoms with Crippen molar-refractivity contribution in [3.05, 3.63) is 80.5 Å². The molecular formula is C29H32N4O4S2. The van der Waals surface area contributed by atoms with Gasteiger partial charge >= 0.3 is 0 Å². The molecule has 0 bridgehead atoms. The van der Waals surface area contributed by atoms with Crippen molar-refractivity contribution in [1.29, 1.82) is 0 Å². The largest absolute Gasteiger partial charge is 0.336 e. The molecule has 0 aliphatic carbocycles. The minimum absolute atomic E-state index is 0.153. The number of piperazine rings is 1. The summed E-state index contributed by atoms with van der Waals surface area (Å²) in [5.41, 5.74) is 3.19. The summed E-state index contributed by atoms with van der Waals surface area (Å²) in [5, 5.41) is 0.657. The van der Waals surface area contributed by atoms with Crippen molar-refractivity contribution in [3.8, 4) is 11.4 Å². The second-order valence-electron chi connectivity index (χ2n) is 10.1. The molecule has 8 nitrogen and oxygen atoms in total. The highest BCUT2D eigenvalue weighted by Crippen LogP contribution is 2.29. The van der Waals surface area contributed by atoms with Crippen molar-refractivity contribution < 1.29 is 13.2 Å². The Morgan fingerprint density at radius 1 is 1.03 bits per heavy atom. The number of amides is 1. The molecule has 1 N–H and O–H groups in total. The molecule has 39 heavy (non-hydrogen) atoms. The zero-order chi connectivity index (χ0) is 27.9. The molecule has 2 aromatic carbocycles. The third-order valence-electron chi connectivity index (χ3n) is 7.33. The number of carbonyl (C=O) groups excluding carboxylic acids is 1. The van der Waals surface area contributed by atoms with E-state index in [4.69, 9.17) is 0 Å². The Kier molecular flexibility index (Phi) is 7.45. The number of aryl methyl sites for hydroxylation is 2. The molecule has 4 aromatic rings. The SMILES string of the molecule is CCc1c(C)sc2nc(-c3ccc(C(=O)N4CCN(S(=O)(=O)c5ccc(C(C)C)cc5)CC4)cc3)[nH]c(=O)c12. The van der Waals surface area contributed by atoms with Crippen LogP contribution in [0.4, 0.5) is 0 Å². The molecular weight excluding hydrogens is 532 g/mol. The van der Waals surface area contributed by atoms with Gasteiger partial charge in [-0.3, -0.25) is 9.59 Å². The Morgan fingerprint density at radius 2 is 1.67 bits per heavy atom. The quantitative estimate of drug-likeness (QED) is 0.363. The Morgan fingerprint density at radius 3 is 2.26 bits per heavy atom. The Balaban J connectivity index is 1.27. The van der Waals surface area contributed by atoms with Crippen LogP contribution < -0.4 is 5.56 Å². The summed E-state index contributed by atoms with van der Waals surface area (Å²) in [7, 11) is -3.62. The van der Waals surface area contributed by atoms with E-state index >= 15 is 0 Å². The first-order chi connectivity index (χ1) is 18.6. The van der Waals surface area contributed by atoms with Gasteiger partial charge in [-0.1, -0.05) is 45.0 Å². The summed E-state index contributed by atoms with van der Waals surface area (Å²) in [6.45, 7) is 9.27. The maximum Gasteiger partial charge on any atom is 0.260 e. The zero-order valence-electron chi connectivity index (χ0n) is 22.5. The Bertz CT molecular complexity index is 1680. The average Bonchev–Trinajstić information content (AvgIpc) is 3.28. The second-order valence-corrected chi connectivity index (χ2v) is 13.2. The van der Waals surface area contributed by atoms with Crippen LogP contribution in [0.25, 0.3) is 21.6 Å². The third kappa shape index (κ3) is 5.16. The topological polar surface area (TPSA) is 103 Å². The van der Waals surface area contributed by atoms with Crippen molar-refractivity contribution in [1.82, 2.24) is 19.2 Å². The summed E-state index contributed by atoms with van der Waals surface area (Å²) >= 11 is 1.52. The highest BCUT2D eigenvalue weighted by molar-refractivity contribution is 7.89. The van der Waals surface area contributed by atoms with Gasteiger partial charge in [0.2, 0.25) is 10.0 Å². The normalized spacial score (nSPS) is 14.8. The molecule has 0 saturated carbocycles. The molecule has 2 aromatic heterocycles. The lowest BCUT2D eigenvalue weighted by Gasteiger charge is -2.34. The van der Waals surface area contributed by atoms with Gasteiger partial charge in [0, 0.05) is 42.2 Å². The Hall–Kier alpha value is -3.34. The van der Waals surface area contributed by atoms with Gasteiger partial charge in [-0.05, 0) is 54.7 Å². The molecule has 1 aliphatic heterocycles. The molecule has 1 amide bonds. The fourth-order valence-corrected chi connectivity index (χ4v) is 7.53. The fraction of sp³-hybridized carbons (Fsp3) is 0.345. The van der Waals surface area contributed by atoms with Gasteiger partial charge in [-0.2, -0.15) is 4.31 Å². The lowest BCUT2D eigenvalue weighted by molar-refractivity contribution is 0.0698. The van der Waals surface area contributed by atoms with Crippen LogP contribution in [-0.2, 0) is 16.4 Å². The lowest BCUT2D eigenvalue weighted by Crippen LogP contribution is -2.50. The second kappa shape index (κ2) is 10.7. The standard InChI is InChI=1S/C29H32N4O4S2/c1-5-24-19(4)38-28-25(24)27(34)30-26(31-28)21-6-8-22(9-7-21)29(35)32-14-16-33(17-15-32)39(36,37)23-12-10-20(11-13-23)18(2)3/h6-13,18H,5,14-17H2,1-4H3,(H,30,31,34). The molecule has 1 fully saturated rings. The number of hydrogen-bond donors (Lipinski definition) is 1. The predicted molar refractivity (Wildman–Crippen MR) is 155 cm³/mol. The van der Waals surface area contributed by atoms with Crippen LogP contribution in [0.15, 0.2) is 58.2 Å². The molecule has 0 radical (unpaired) electrons. The van der Waals surface area contributed by atoms with Crippen molar-refractivity contribution in [2.45, 2.75) is 44.9 Å². The molecule has 1 saturated heterocycles. The van der Waals surface area contributed by atoms with Crippen molar-refractivity contribution in [2.24, 2.45) is 0 Å². The van der Waals surface area contributed by atoms with E-state index in [-0.39, 0.29) is 29.5 Å². The number of nitrogens with zero attached hydrogens (tertiary/aromatic N) is 3. The number of carbonyl (C=O) groups is 1. The van der Waals surface area contributed by atoms with Gasteiger partial charge < -0.3 is 9.88 Å². The van der Waals surface area contributed by atoms with E-state index in [9.17, 15) is 18.0 Å². The number of sulfonamides is 1. The van der Waals surface area contributed by atoms with E-state index in [1.165, 1.54) is 15.6 Å². The number of thiophene rings is 1. The molecule has 1 aliphatic rings. The number of nitrogens with one attached hydrogen (secondary N) is 1. The number of aromatic amines is 1. The number of hydrogen-bond acceptors (Lipinski definition) is 6. The van der Waals surface area contributed by atoms with Crippen LogP contribution in [-0.4, -0.2) is 59.7 Å². The molecule has 0 atom stereocenters. The fourth-order valence-electron chi connectivity index (χ4n) is 5.00. The molecule has 204 valence electrons. The van der Waals surface area contributed by atoms with Gasteiger partial charge in [-0.15, -0.1) is 11.3 Å². The number of rotatable bonds is 6. The summed E-state index contributed by atoms with van der Waals surface area (Å²) in [4.78, 5) is 37.3. The number of aromatic nitrogens is 2. The molecule has 10 heteroatoms. The Labute approximate surface area is 232 Å². The number of benzene rings is 2. The van der Waals surface area contributed by atoms with Crippen molar-refractivity contribution in [3.63, 3.8) is 0 Å². The van der Waals surface area contributed by atoms with E-state index in [1.54, 1.807) is 41.3 Å². The van der Waals surface area contributed by atoms with E-state index in [2.05, 4.69) is 23.8 Å². The number of fused-ring (bicyclic) bond motifs is 1. The van der Waals surface area contributed by atoms with Crippen LogP contribution in [0.1, 0.15) is 53.1 Å². The van der Waals surface area contributed by atoms with Crippen LogP contribution in [0.5, 0.6) is 0 Å². The van der Waals surface area contributed by atoms with Crippen LogP contribution in [0, 0.1) is 6.92 Å². The lowest BCUT2D eigenvalue weighted by atomic mass is 10.0. The first-order valence-electron chi connectivity index (χ1n) is 13.1. The highest BCUT2D eigenvalue weighted by Gasteiger charge is 2.30. The van der Waals surface area contributed by atoms with Gasteiger partial charge in [0.05, 0.1) is 10.3 Å². The maximum atomic E-state index is 13.2. The van der Waals surface area contributed by atoms with E-state index in [0.29, 0.717) is 46.2 Å². The molecule has 3 heterocycles. The van der Waals surface area contributed by atoms with E-state index < -0.39 is 10.0 Å². The summed E-state index contributed by atoms with van der Waals surface area (Å²) in [5.74, 6) is 0.640. The van der Waals surface area contributed by atoms with Crippen molar-refractivity contribution in [2.75, 3.05) is 26.2 Å². The average molecular weight is 565 g/mol. The van der Waals surface area contributed by atoms with Crippen LogP contribution in [0.3, 0.4) is 0 Å².